The van der Waals surface area contributed by atoms with E-state index in [0.717, 1.165) is 5.56 Å². The van der Waals surface area contributed by atoms with Gasteiger partial charge in [0.05, 0.1) is 13.7 Å². The van der Waals surface area contributed by atoms with Crippen molar-refractivity contribution in [3.63, 3.8) is 0 Å². The van der Waals surface area contributed by atoms with Crippen LogP contribution in [0.5, 0.6) is 5.75 Å². The number of benzene rings is 1. The summed E-state index contributed by atoms with van der Waals surface area (Å²) in [7, 11) is 1.54. The Morgan fingerprint density at radius 2 is 2.33 bits per heavy atom. The van der Waals surface area contributed by atoms with Gasteiger partial charge in [0.15, 0.2) is 0 Å². The largest absolute Gasteiger partial charge is 0.496 e. The van der Waals surface area contributed by atoms with Crippen molar-refractivity contribution in [2.24, 2.45) is 5.73 Å². The van der Waals surface area contributed by atoms with Gasteiger partial charge in [0.1, 0.15) is 5.75 Å². The fraction of sp³-hybridized carbons (Fsp3) is 0.182. The smallest absolute Gasteiger partial charge is 0.241 e. The molecule has 1 amide bonds. The monoisotopic (exact) mass is 207 g/mol. The van der Waals surface area contributed by atoms with Gasteiger partial charge in [0.2, 0.25) is 5.91 Å². The third-order valence-electron chi connectivity index (χ3n) is 1.91. The molecular formula is C11H13NO3. The summed E-state index contributed by atoms with van der Waals surface area (Å²) in [6.45, 7) is -0.110. The van der Waals surface area contributed by atoms with Crippen molar-refractivity contribution >= 4 is 12.0 Å². The van der Waals surface area contributed by atoms with Crippen molar-refractivity contribution in [3.05, 3.63) is 35.4 Å². The number of hydrogen-bond donors (Lipinski definition) is 2. The van der Waals surface area contributed by atoms with Gasteiger partial charge in [-0.2, -0.15) is 0 Å². The molecule has 0 aromatic heterocycles. The van der Waals surface area contributed by atoms with Gasteiger partial charge in [0.25, 0.3) is 0 Å². The van der Waals surface area contributed by atoms with Crippen LogP contribution < -0.4 is 10.5 Å². The molecule has 3 N–H and O–H groups in total. The van der Waals surface area contributed by atoms with Crippen molar-refractivity contribution in [2.75, 3.05) is 7.11 Å². The van der Waals surface area contributed by atoms with Crippen molar-refractivity contribution in [1.82, 2.24) is 0 Å². The molecule has 4 nitrogen and oxygen atoms in total. The van der Waals surface area contributed by atoms with E-state index in [0.29, 0.717) is 11.3 Å². The molecule has 80 valence electrons. The van der Waals surface area contributed by atoms with E-state index in [1.165, 1.54) is 13.2 Å². The first-order valence-electron chi connectivity index (χ1n) is 4.42. The summed E-state index contributed by atoms with van der Waals surface area (Å²) >= 11 is 0. The fourth-order valence-electron chi connectivity index (χ4n) is 1.20. The highest BCUT2D eigenvalue weighted by molar-refractivity contribution is 5.90. The van der Waals surface area contributed by atoms with Crippen LogP contribution in [0.25, 0.3) is 6.08 Å². The van der Waals surface area contributed by atoms with Crippen molar-refractivity contribution in [2.45, 2.75) is 6.61 Å². The van der Waals surface area contributed by atoms with Gasteiger partial charge >= 0.3 is 0 Å². The first-order chi connectivity index (χ1) is 7.17. The molecule has 0 aliphatic rings. The number of primary amides is 1. The molecule has 1 aromatic rings. The van der Waals surface area contributed by atoms with Crippen molar-refractivity contribution in [3.8, 4) is 5.75 Å². The third kappa shape index (κ3) is 3.11. The molecular weight excluding hydrogens is 194 g/mol. The van der Waals surface area contributed by atoms with Crippen LogP contribution in [0.4, 0.5) is 0 Å². The Bertz CT molecular complexity index is 385. The van der Waals surface area contributed by atoms with Crippen LogP contribution in [0.15, 0.2) is 24.3 Å². The second kappa shape index (κ2) is 5.17. The lowest BCUT2D eigenvalue weighted by Crippen LogP contribution is -2.05. The fourth-order valence-corrected chi connectivity index (χ4v) is 1.20. The molecule has 1 rings (SSSR count). The predicted molar refractivity (Wildman–Crippen MR) is 57.1 cm³/mol. The number of nitrogens with two attached hydrogens (primary N) is 1. The number of aliphatic hydroxyl groups is 1. The van der Waals surface area contributed by atoms with E-state index in [4.69, 9.17) is 15.6 Å². The maximum Gasteiger partial charge on any atom is 0.241 e. The molecule has 0 radical (unpaired) electrons. The van der Waals surface area contributed by atoms with Crippen molar-refractivity contribution in [1.29, 1.82) is 0 Å². The summed E-state index contributed by atoms with van der Waals surface area (Å²) in [4.78, 5) is 10.5. The van der Waals surface area contributed by atoms with Gasteiger partial charge in [-0.1, -0.05) is 6.07 Å². The highest BCUT2D eigenvalue weighted by Gasteiger charge is 2.01. The van der Waals surface area contributed by atoms with Gasteiger partial charge in [-0.05, 0) is 23.8 Å². The summed E-state index contributed by atoms with van der Waals surface area (Å²) in [6, 6.07) is 5.24. The van der Waals surface area contributed by atoms with Crippen LogP contribution >= 0.6 is 0 Å². The Morgan fingerprint density at radius 1 is 1.60 bits per heavy atom. The molecule has 1 aromatic carbocycles. The maximum absolute atomic E-state index is 10.5. The second-order valence-corrected chi connectivity index (χ2v) is 2.97. The number of hydrogen-bond acceptors (Lipinski definition) is 3. The van der Waals surface area contributed by atoms with Crippen LogP contribution in [0, 0.1) is 0 Å². The van der Waals surface area contributed by atoms with Crippen LogP contribution in [-0.4, -0.2) is 18.1 Å². The van der Waals surface area contributed by atoms with E-state index in [1.54, 1.807) is 24.3 Å². The SMILES string of the molecule is COc1ccc(/C=C\C(N)=O)cc1CO. The summed E-state index contributed by atoms with van der Waals surface area (Å²) < 4.78 is 5.04. The quantitative estimate of drug-likeness (QED) is 0.713. The average molecular weight is 207 g/mol. The van der Waals surface area contributed by atoms with Crippen LogP contribution in [0.2, 0.25) is 0 Å². The standard InChI is InChI=1S/C11H13NO3/c1-15-10-4-2-8(3-5-11(12)14)6-9(10)7-13/h2-6,13H,7H2,1H3,(H2,12,14)/b5-3-. The molecule has 0 saturated heterocycles. The highest BCUT2D eigenvalue weighted by atomic mass is 16.5. The van der Waals surface area contributed by atoms with Gasteiger partial charge in [-0.15, -0.1) is 0 Å². The van der Waals surface area contributed by atoms with E-state index >= 15 is 0 Å². The number of aliphatic hydroxyl groups excluding tert-OH is 1. The Labute approximate surface area is 88.0 Å². The molecule has 0 aliphatic heterocycles. The third-order valence-corrected chi connectivity index (χ3v) is 1.91. The lowest BCUT2D eigenvalue weighted by atomic mass is 10.1. The summed E-state index contributed by atoms with van der Waals surface area (Å²) in [6.07, 6.45) is 2.85. The number of methoxy groups -OCH3 is 1. The zero-order chi connectivity index (χ0) is 11.3. The normalized spacial score (nSPS) is 10.5. The first-order valence-corrected chi connectivity index (χ1v) is 4.42. The molecule has 0 spiro atoms. The number of ether oxygens (including phenoxy) is 1. The summed E-state index contributed by atoms with van der Waals surface area (Å²) in [5.41, 5.74) is 6.43. The Hall–Kier alpha value is -1.81. The molecule has 4 heteroatoms. The number of rotatable bonds is 4. The maximum atomic E-state index is 10.5. The minimum Gasteiger partial charge on any atom is -0.496 e. The van der Waals surface area contributed by atoms with E-state index in [2.05, 4.69) is 0 Å². The van der Waals surface area contributed by atoms with E-state index in [1.807, 2.05) is 0 Å². The van der Waals surface area contributed by atoms with E-state index in [-0.39, 0.29) is 6.61 Å². The molecule has 0 fully saturated rings. The number of carbonyl (C=O) groups excluding carboxylic acids is 1. The van der Waals surface area contributed by atoms with Crippen LogP contribution in [-0.2, 0) is 11.4 Å². The van der Waals surface area contributed by atoms with E-state index in [9.17, 15) is 4.79 Å². The first kappa shape index (κ1) is 11.3. The minimum atomic E-state index is -0.503. The van der Waals surface area contributed by atoms with Crippen LogP contribution in [0.3, 0.4) is 0 Å². The van der Waals surface area contributed by atoms with Gasteiger partial charge < -0.3 is 15.6 Å². The zero-order valence-corrected chi connectivity index (χ0v) is 8.43. The summed E-state index contributed by atoms with van der Waals surface area (Å²) in [5.74, 6) is 0.116. The predicted octanol–water partition coefficient (Wildman–Crippen LogP) is 0.686. The average Bonchev–Trinajstić information content (AvgIpc) is 2.25. The van der Waals surface area contributed by atoms with E-state index < -0.39 is 5.91 Å². The molecule has 0 atom stereocenters. The number of amides is 1. The molecule has 0 unspecified atom stereocenters. The molecule has 0 aliphatic carbocycles. The summed E-state index contributed by atoms with van der Waals surface area (Å²) in [5, 5.41) is 9.06. The topological polar surface area (TPSA) is 72.5 Å². The molecule has 0 heterocycles. The molecule has 15 heavy (non-hydrogen) atoms. The number of carbonyl (C=O) groups is 1. The molecule has 0 saturated carbocycles. The van der Waals surface area contributed by atoms with Gasteiger partial charge in [0, 0.05) is 11.6 Å². The lowest BCUT2D eigenvalue weighted by molar-refractivity contribution is -0.113. The highest BCUT2D eigenvalue weighted by Crippen LogP contribution is 2.20. The Kier molecular flexibility index (Phi) is 3.88. The van der Waals surface area contributed by atoms with Gasteiger partial charge in [-0.3, -0.25) is 4.79 Å². The Morgan fingerprint density at radius 3 is 2.87 bits per heavy atom. The second-order valence-electron chi connectivity index (χ2n) is 2.97. The zero-order valence-electron chi connectivity index (χ0n) is 8.43. The van der Waals surface area contributed by atoms with Crippen LogP contribution in [0.1, 0.15) is 11.1 Å². The van der Waals surface area contributed by atoms with Gasteiger partial charge in [-0.25, -0.2) is 0 Å². The Balaban J connectivity index is 2.97. The van der Waals surface area contributed by atoms with Crippen molar-refractivity contribution < 1.29 is 14.6 Å². The molecule has 0 bridgehead atoms. The minimum absolute atomic E-state index is 0.110. The lowest BCUT2D eigenvalue weighted by Gasteiger charge is -2.06.